The van der Waals surface area contributed by atoms with Gasteiger partial charge in [0.25, 0.3) is 0 Å². The molecule has 1 nitrogen and oxygen atoms in total. The van der Waals surface area contributed by atoms with Crippen LogP contribution in [0, 0.1) is 5.92 Å². The number of nitrogens with zero attached hydrogens (tertiary/aromatic N) is 1. The van der Waals surface area contributed by atoms with Gasteiger partial charge in [-0.3, -0.25) is 4.98 Å². The van der Waals surface area contributed by atoms with Crippen molar-refractivity contribution in [3.8, 4) is 0 Å². The van der Waals surface area contributed by atoms with Gasteiger partial charge < -0.3 is 0 Å². The Balaban J connectivity index is 2.61. The number of halogens is 1. The van der Waals surface area contributed by atoms with Gasteiger partial charge in [-0.25, -0.2) is 0 Å². The highest BCUT2D eigenvalue weighted by atomic mass is 79.9. The van der Waals surface area contributed by atoms with E-state index in [1.807, 2.05) is 18.3 Å². The van der Waals surface area contributed by atoms with E-state index in [1.165, 1.54) is 12.1 Å². The molecule has 1 aromatic rings. The Bertz CT molecular complexity index is 258. The summed E-state index contributed by atoms with van der Waals surface area (Å²) in [5.41, 5.74) is 1.18. The monoisotopic (exact) mass is 255 g/mol. The molecule has 0 saturated heterocycles. The van der Waals surface area contributed by atoms with E-state index >= 15 is 0 Å². The topological polar surface area (TPSA) is 12.9 Å². The number of hydrogen-bond donors (Lipinski definition) is 0. The zero-order valence-electron chi connectivity index (χ0n) is 9.07. The summed E-state index contributed by atoms with van der Waals surface area (Å²) in [5, 5.41) is 0. The van der Waals surface area contributed by atoms with Gasteiger partial charge in [-0.1, -0.05) is 42.8 Å². The largest absolute Gasteiger partial charge is 0.261 e. The number of pyridine rings is 1. The molecular weight excluding hydrogens is 238 g/mol. The molecule has 2 unspecified atom stereocenters. The van der Waals surface area contributed by atoms with Crippen LogP contribution in [0.5, 0.6) is 0 Å². The summed E-state index contributed by atoms with van der Waals surface area (Å²) in [5.74, 6) is 1.21. The Morgan fingerprint density at radius 3 is 2.50 bits per heavy atom. The Morgan fingerprint density at radius 1 is 1.29 bits per heavy atom. The SMILES string of the molecule is CC(C)CC(Br)C(C)c1ccccn1. The Labute approximate surface area is 95.1 Å². The first-order valence-corrected chi connectivity index (χ1v) is 6.07. The average Bonchev–Trinajstić information content (AvgIpc) is 2.17. The molecule has 1 aromatic heterocycles. The van der Waals surface area contributed by atoms with E-state index in [4.69, 9.17) is 0 Å². The van der Waals surface area contributed by atoms with Crippen LogP contribution in [0.1, 0.15) is 38.8 Å². The van der Waals surface area contributed by atoms with E-state index in [2.05, 4.69) is 47.8 Å². The predicted molar refractivity (Wildman–Crippen MR) is 64.8 cm³/mol. The van der Waals surface area contributed by atoms with Crippen LogP contribution < -0.4 is 0 Å². The Kier molecular flexibility index (Phi) is 4.59. The summed E-state index contributed by atoms with van der Waals surface area (Å²) >= 11 is 3.74. The second-order valence-electron chi connectivity index (χ2n) is 4.19. The van der Waals surface area contributed by atoms with Gasteiger partial charge in [-0.15, -0.1) is 0 Å². The smallest absolute Gasteiger partial charge is 0.0442 e. The minimum absolute atomic E-state index is 0.485. The molecule has 0 radical (unpaired) electrons. The first kappa shape index (κ1) is 11.7. The molecule has 1 heterocycles. The first-order chi connectivity index (χ1) is 6.61. The number of rotatable bonds is 4. The van der Waals surface area contributed by atoms with Crippen molar-refractivity contribution in [2.75, 3.05) is 0 Å². The van der Waals surface area contributed by atoms with Crippen molar-refractivity contribution < 1.29 is 0 Å². The molecule has 0 aliphatic heterocycles. The molecule has 0 aliphatic rings. The zero-order chi connectivity index (χ0) is 10.6. The highest BCUT2D eigenvalue weighted by Crippen LogP contribution is 2.27. The molecule has 0 spiro atoms. The van der Waals surface area contributed by atoms with E-state index in [0.717, 1.165) is 5.92 Å². The van der Waals surface area contributed by atoms with Crippen molar-refractivity contribution in [2.24, 2.45) is 5.92 Å². The lowest BCUT2D eigenvalue weighted by molar-refractivity contribution is 0.530. The minimum Gasteiger partial charge on any atom is -0.261 e. The second kappa shape index (κ2) is 5.50. The molecule has 0 saturated carbocycles. The molecule has 0 aliphatic carbocycles. The van der Waals surface area contributed by atoms with E-state index in [1.54, 1.807) is 0 Å². The number of aromatic nitrogens is 1. The third-order valence-electron chi connectivity index (χ3n) is 2.39. The van der Waals surface area contributed by atoms with Crippen molar-refractivity contribution in [2.45, 2.75) is 37.9 Å². The minimum atomic E-state index is 0.485. The Morgan fingerprint density at radius 2 is 2.00 bits per heavy atom. The molecule has 0 aromatic carbocycles. The van der Waals surface area contributed by atoms with Crippen LogP contribution in [0.25, 0.3) is 0 Å². The summed E-state index contributed by atoms with van der Waals surface area (Å²) in [6.07, 6.45) is 3.05. The van der Waals surface area contributed by atoms with Crippen LogP contribution >= 0.6 is 15.9 Å². The third kappa shape index (κ3) is 3.41. The van der Waals surface area contributed by atoms with Gasteiger partial charge in [0.05, 0.1) is 0 Å². The normalized spacial score (nSPS) is 15.5. The molecule has 0 bridgehead atoms. The van der Waals surface area contributed by atoms with Crippen molar-refractivity contribution in [1.82, 2.24) is 4.98 Å². The van der Waals surface area contributed by atoms with Crippen molar-refractivity contribution in [3.63, 3.8) is 0 Å². The lowest BCUT2D eigenvalue weighted by atomic mass is 9.96. The van der Waals surface area contributed by atoms with Crippen LogP contribution in [-0.2, 0) is 0 Å². The Hall–Kier alpha value is -0.370. The van der Waals surface area contributed by atoms with Crippen LogP contribution in [-0.4, -0.2) is 9.81 Å². The fourth-order valence-corrected chi connectivity index (χ4v) is 2.50. The summed E-state index contributed by atoms with van der Waals surface area (Å²) in [7, 11) is 0. The van der Waals surface area contributed by atoms with Crippen molar-refractivity contribution >= 4 is 15.9 Å². The quantitative estimate of drug-likeness (QED) is 0.742. The van der Waals surface area contributed by atoms with Gasteiger partial charge in [0.1, 0.15) is 0 Å². The second-order valence-corrected chi connectivity index (χ2v) is 5.36. The molecule has 0 N–H and O–H groups in total. The maximum atomic E-state index is 4.38. The fourth-order valence-electron chi connectivity index (χ4n) is 1.49. The van der Waals surface area contributed by atoms with Gasteiger partial charge in [-0.05, 0) is 24.5 Å². The van der Waals surface area contributed by atoms with Gasteiger partial charge >= 0.3 is 0 Å². The highest BCUT2D eigenvalue weighted by molar-refractivity contribution is 9.09. The standard InChI is InChI=1S/C12H18BrN/c1-9(2)8-11(13)10(3)12-6-4-5-7-14-12/h4-7,9-11H,8H2,1-3H3. The summed E-state index contributed by atoms with van der Waals surface area (Å²) in [6, 6.07) is 6.11. The fraction of sp³-hybridized carbons (Fsp3) is 0.583. The van der Waals surface area contributed by atoms with Gasteiger partial charge in [0, 0.05) is 22.6 Å². The summed E-state index contributed by atoms with van der Waals surface area (Å²) < 4.78 is 0. The van der Waals surface area contributed by atoms with Crippen LogP contribution in [0.4, 0.5) is 0 Å². The van der Waals surface area contributed by atoms with E-state index in [-0.39, 0.29) is 0 Å². The molecule has 1 rings (SSSR count). The van der Waals surface area contributed by atoms with Gasteiger partial charge in [0.2, 0.25) is 0 Å². The summed E-state index contributed by atoms with van der Waals surface area (Å²) in [6.45, 7) is 6.73. The molecule has 2 atom stereocenters. The number of hydrogen-bond acceptors (Lipinski definition) is 1. The van der Waals surface area contributed by atoms with E-state index < -0.39 is 0 Å². The third-order valence-corrected chi connectivity index (χ3v) is 3.56. The maximum absolute atomic E-state index is 4.38. The highest BCUT2D eigenvalue weighted by Gasteiger charge is 2.17. The lowest BCUT2D eigenvalue weighted by Crippen LogP contribution is -2.12. The molecule has 0 amide bonds. The summed E-state index contributed by atoms with van der Waals surface area (Å²) in [4.78, 5) is 4.90. The zero-order valence-corrected chi connectivity index (χ0v) is 10.7. The predicted octanol–water partition coefficient (Wildman–Crippen LogP) is 3.99. The molecule has 78 valence electrons. The number of alkyl halides is 1. The molecular formula is C12H18BrN. The van der Waals surface area contributed by atoms with Gasteiger partial charge in [0.15, 0.2) is 0 Å². The van der Waals surface area contributed by atoms with E-state index in [0.29, 0.717) is 10.7 Å². The van der Waals surface area contributed by atoms with Crippen molar-refractivity contribution in [3.05, 3.63) is 30.1 Å². The molecule has 2 heteroatoms. The molecule has 0 fully saturated rings. The van der Waals surface area contributed by atoms with Crippen LogP contribution in [0.2, 0.25) is 0 Å². The van der Waals surface area contributed by atoms with E-state index in [9.17, 15) is 0 Å². The lowest BCUT2D eigenvalue weighted by Gasteiger charge is -2.19. The van der Waals surface area contributed by atoms with Crippen LogP contribution in [0.15, 0.2) is 24.4 Å². The molecule has 14 heavy (non-hydrogen) atoms. The first-order valence-electron chi connectivity index (χ1n) is 5.16. The van der Waals surface area contributed by atoms with Crippen LogP contribution in [0.3, 0.4) is 0 Å². The maximum Gasteiger partial charge on any atom is 0.0442 e. The average molecular weight is 256 g/mol. The van der Waals surface area contributed by atoms with Gasteiger partial charge in [-0.2, -0.15) is 0 Å². The van der Waals surface area contributed by atoms with Crippen molar-refractivity contribution in [1.29, 1.82) is 0 Å².